The summed E-state index contributed by atoms with van der Waals surface area (Å²) in [4.78, 5) is 40.3. The molecule has 0 saturated carbocycles. The molecule has 7 rings (SSSR count). The predicted molar refractivity (Wildman–Crippen MR) is 131 cm³/mol. The van der Waals surface area contributed by atoms with E-state index >= 15 is 0 Å². The zero-order valence-electron chi connectivity index (χ0n) is 20.3. The number of piperidine rings is 2. The highest BCUT2D eigenvalue weighted by Gasteiger charge is 2.52. The highest BCUT2D eigenvalue weighted by atomic mass is 16.5. The fourth-order valence-electron chi connectivity index (χ4n) is 6.42. The molecule has 2 saturated heterocycles. The molecule has 4 aliphatic heterocycles. The average molecular weight is 502 g/mol. The molecule has 190 valence electrons. The number of amides is 3. The molecule has 1 aromatic heterocycles. The molecule has 0 bridgehead atoms. The minimum absolute atomic E-state index is 0.112. The van der Waals surface area contributed by atoms with Crippen LogP contribution in [0.25, 0.3) is 10.9 Å². The third-order valence-corrected chi connectivity index (χ3v) is 8.44. The molecule has 2 atom stereocenters. The number of nitrogens with zero attached hydrogens (tertiary/aromatic N) is 4. The fraction of sp³-hybridized carbons (Fsp3) is 0.407. The van der Waals surface area contributed by atoms with E-state index in [9.17, 15) is 19.5 Å². The van der Waals surface area contributed by atoms with Crippen LogP contribution in [0.15, 0.2) is 36.5 Å². The van der Waals surface area contributed by atoms with E-state index in [1.165, 1.54) is 5.01 Å². The second-order valence-electron chi connectivity index (χ2n) is 10.5. The standard InChI is InChI=1S/C27H27N5O5/c33-21-14-30(12-17-4-1-3-16-11-28-29-24(16)17)10-9-27(21)15-37-25-19-13-31(26(36)18(19)7-8-20(25)27)32-22(34)5-2-6-23(32)35/h1,3-4,7-8,11,21,33H,2,5-6,9-10,12-15H2,(H,28,29). The lowest BCUT2D eigenvalue weighted by Gasteiger charge is -2.42. The molecule has 10 nitrogen and oxygen atoms in total. The first-order chi connectivity index (χ1) is 18.0. The number of ether oxygens (including phenoxy) is 1. The third-order valence-electron chi connectivity index (χ3n) is 8.44. The van der Waals surface area contributed by atoms with Gasteiger partial charge >= 0.3 is 0 Å². The lowest BCUT2D eigenvalue weighted by atomic mass is 9.71. The van der Waals surface area contributed by atoms with E-state index in [1.54, 1.807) is 6.07 Å². The third kappa shape index (κ3) is 3.25. The number of aliphatic hydroxyl groups excluding tert-OH is 1. The van der Waals surface area contributed by atoms with Gasteiger partial charge in [-0.3, -0.25) is 24.4 Å². The van der Waals surface area contributed by atoms with Crippen molar-refractivity contribution in [1.82, 2.24) is 25.1 Å². The SMILES string of the molecule is O=C1c2ccc3c(c2CN1N1C(=O)CCCC1=O)OCC31CCN(Cc2cccc3cn[nH]c23)CC1O. The van der Waals surface area contributed by atoms with E-state index < -0.39 is 11.5 Å². The first kappa shape index (κ1) is 22.4. The number of aromatic nitrogens is 2. The number of nitrogens with one attached hydrogen (secondary N) is 1. The second-order valence-corrected chi connectivity index (χ2v) is 10.5. The monoisotopic (exact) mass is 501 g/mol. The van der Waals surface area contributed by atoms with Crippen molar-refractivity contribution >= 4 is 28.6 Å². The Balaban J connectivity index is 1.14. The van der Waals surface area contributed by atoms with E-state index in [1.807, 2.05) is 24.4 Å². The zero-order valence-corrected chi connectivity index (χ0v) is 20.3. The number of para-hydroxylation sites is 1. The van der Waals surface area contributed by atoms with Crippen molar-refractivity contribution in [3.05, 3.63) is 58.8 Å². The quantitative estimate of drug-likeness (QED) is 0.526. The highest BCUT2D eigenvalue weighted by molar-refractivity contribution is 6.05. The van der Waals surface area contributed by atoms with Crippen LogP contribution in [-0.2, 0) is 28.1 Å². The Morgan fingerprint density at radius 3 is 2.78 bits per heavy atom. The van der Waals surface area contributed by atoms with Crippen molar-refractivity contribution in [3.63, 3.8) is 0 Å². The minimum Gasteiger partial charge on any atom is -0.492 e. The van der Waals surface area contributed by atoms with Gasteiger partial charge in [0, 0.05) is 42.4 Å². The Labute approximate surface area is 212 Å². The van der Waals surface area contributed by atoms with Gasteiger partial charge in [-0.2, -0.15) is 10.1 Å². The van der Waals surface area contributed by atoms with Crippen LogP contribution in [0.2, 0.25) is 0 Å². The van der Waals surface area contributed by atoms with Gasteiger partial charge in [0.25, 0.3) is 5.91 Å². The maximum Gasteiger partial charge on any atom is 0.273 e. The van der Waals surface area contributed by atoms with Crippen LogP contribution < -0.4 is 4.74 Å². The summed E-state index contributed by atoms with van der Waals surface area (Å²) in [7, 11) is 0. The van der Waals surface area contributed by atoms with Gasteiger partial charge in [0.2, 0.25) is 11.8 Å². The van der Waals surface area contributed by atoms with Crippen molar-refractivity contribution in [2.75, 3.05) is 19.7 Å². The lowest BCUT2D eigenvalue weighted by molar-refractivity contribution is -0.163. The largest absolute Gasteiger partial charge is 0.492 e. The van der Waals surface area contributed by atoms with Crippen LogP contribution in [0.3, 0.4) is 0 Å². The molecule has 2 fully saturated rings. The Kier molecular flexibility index (Phi) is 4.93. The number of carbonyl (C=O) groups is 3. The minimum atomic E-state index is -0.653. The Morgan fingerprint density at radius 2 is 1.97 bits per heavy atom. The van der Waals surface area contributed by atoms with E-state index in [2.05, 4.69) is 21.2 Å². The molecule has 0 radical (unpaired) electrons. The van der Waals surface area contributed by atoms with Crippen LogP contribution in [-0.4, -0.2) is 73.7 Å². The van der Waals surface area contributed by atoms with E-state index in [0.717, 1.165) is 33.6 Å². The molecule has 10 heteroatoms. The number of imide groups is 1. The Bertz CT molecular complexity index is 1450. The number of likely N-dealkylation sites (tertiary alicyclic amines) is 1. The number of carbonyl (C=O) groups excluding carboxylic acids is 3. The Hall–Kier alpha value is -3.76. The number of fused-ring (bicyclic) bond motifs is 5. The van der Waals surface area contributed by atoms with E-state index in [4.69, 9.17) is 4.74 Å². The fourth-order valence-corrected chi connectivity index (χ4v) is 6.42. The maximum atomic E-state index is 13.2. The molecule has 2 unspecified atom stereocenters. The average Bonchev–Trinajstić information content (AvgIpc) is 3.59. The summed E-state index contributed by atoms with van der Waals surface area (Å²) in [5, 5.41) is 22.0. The van der Waals surface area contributed by atoms with Gasteiger partial charge in [-0.05, 0) is 31.0 Å². The van der Waals surface area contributed by atoms with Gasteiger partial charge < -0.3 is 9.84 Å². The zero-order chi connectivity index (χ0) is 25.3. The topological polar surface area (TPSA) is 119 Å². The number of benzene rings is 2. The van der Waals surface area contributed by atoms with Crippen LogP contribution in [0.1, 0.15) is 52.7 Å². The molecular weight excluding hydrogens is 474 g/mol. The molecule has 37 heavy (non-hydrogen) atoms. The van der Waals surface area contributed by atoms with Crippen LogP contribution in [0.4, 0.5) is 0 Å². The summed E-state index contributed by atoms with van der Waals surface area (Å²) in [5.74, 6) is -0.450. The summed E-state index contributed by atoms with van der Waals surface area (Å²) in [6, 6.07) is 9.76. The van der Waals surface area contributed by atoms with Gasteiger partial charge in [-0.1, -0.05) is 24.3 Å². The van der Waals surface area contributed by atoms with Crippen molar-refractivity contribution < 1.29 is 24.2 Å². The van der Waals surface area contributed by atoms with E-state index in [-0.39, 0.29) is 37.1 Å². The van der Waals surface area contributed by atoms with Crippen molar-refractivity contribution in [2.24, 2.45) is 0 Å². The maximum absolute atomic E-state index is 13.2. The number of aliphatic hydroxyl groups is 1. The second kappa shape index (κ2) is 8.12. The molecule has 4 aliphatic rings. The van der Waals surface area contributed by atoms with Gasteiger partial charge in [0.1, 0.15) is 12.4 Å². The molecule has 3 aromatic rings. The van der Waals surface area contributed by atoms with Gasteiger partial charge in [-0.25, -0.2) is 5.01 Å². The number of β-amino-alcohol motifs (C(OH)–C–C–N with tert-alkyl or cyclic N) is 1. The van der Waals surface area contributed by atoms with Gasteiger partial charge in [-0.15, -0.1) is 0 Å². The molecular formula is C27H27N5O5. The first-order valence-corrected chi connectivity index (χ1v) is 12.7. The number of hydrazine groups is 1. The van der Waals surface area contributed by atoms with Gasteiger partial charge in [0.15, 0.2) is 0 Å². The summed E-state index contributed by atoms with van der Waals surface area (Å²) >= 11 is 0. The van der Waals surface area contributed by atoms with Crippen LogP contribution in [0, 0.1) is 0 Å². The van der Waals surface area contributed by atoms with E-state index in [0.29, 0.717) is 49.4 Å². The number of hydrogen-bond acceptors (Lipinski definition) is 7. The summed E-state index contributed by atoms with van der Waals surface area (Å²) in [6.07, 6.45) is 2.88. The molecule has 0 aliphatic carbocycles. The predicted octanol–water partition coefficient (Wildman–Crippen LogP) is 1.87. The number of hydrogen-bond donors (Lipinski definition) is 2. The van der Waals surface area contributed by atoms with Crippen molar-refractivity contribution in [1.29, 1.82) is 0 Å². The smallest absolute Gasteiger partial charge is 0.273 e. The van der Waals surface area contributed by atoms with Crippen molar-refractivity contribution in [3.8, 4) is 5.75 Å². The molecule has 5 heterocycles. The Morgan fingerprint density at radius 1 is 1.14 bits per heavy atom. The molecule has 3 amide bonds. The van der Waals surface area contributed by atoms with Gasteiger partial charge in [0.05, 0.1) is 35.3 Å². The first-order valence-electron chi connectivity index (χ1n) is 12.7. The summed E-state index contributed by atoms with van der Waals surface area (Å²) in [6.45, 7) is 2.42. The number of aromatic amines is 1. The molecule has 1 spiro atoms. The summed E-state index contributed by atoms with van der Waals surface area (Å²) < 4.78 is 6.18. The number of rotatable bonds is 3. The normalized spacial score (nSPS) is 25.8. The highest BCUT2D eigenvalue weighted by Crippen LogP contribution is 2.49. The van der Waals surface area contributed by atoms with Crippen molar-refractivity contribution in [2.45, 2.75) is 50.3 Å². The van der Waals surface area contributed by atoms with Crippen LogP contribution in [0.5, 0.6) is 5.75 Å². The summed E-state index contributed by atoms with van der Waals surface area (Å²) in [5.41, 5.74) is 3.63. The van der Waals surface area contributed by atoms with Crippen LogP contribution >= 0.6 is 0 Å². The lowest BCUT2D eigenvalue weighted by Crippen LogP contribution is -2.54. The molecule has 2 N–H and O–H groups in total. The number of H-pyrrole nitrogens is 1. The molecule has 2 aromatic carbocycles.